The van der Waals surface area contributed by atoms with Crippen LogP contribution in [-0.4, -0.2) is 32.4 Å². The average molecular weight is 281 g/mol. The number of nitrogens with zero attached hydrogens (tertiary/aromatic N) is 1. The number of rotatable bonds is 1. The molecule has 2 aliphatic heterocycles. The smallest absolute Gasteiger partial charge is 0.243 e. The molecule has 2 aliphatic rings. The van der Waals surface area contributed by atoms with Gasteiger partial charge in [-0.25, -0.2) is 8.42 Å². The van der Waals surface area contributed by atoms with Gasteiger partial charge in [0, 0.05) is 12.6 Å². The molecule has 2 heterocycles. The molecule has 104 valence electrons. The minimum absolute atomic E-state index is 0.0594. The maximum absolute atomic E-state index is 12.7. The highest BCUT2D eigenvalue weighted by atomic mass is 32.2. The molecule has 0 unspecified atom stereocenters. The molecule has 0 aliphatic carbocycles. The third-order valence-electron chi connectivity index (χ3n) is 4.09. The summed E-state index contributed by atoms with van der Waals surface area (Å²) in [7, 11) is -1.74. The fourth-order valence-corrected chi connectivity index (χ4v) is 5.31. The van der Waals surface area contributed by atoms with E-state index >= 15 is 0 Å². The van der Waals surface area contributed by atoms with Crippen LogP contribution in [0.2, 0.25) is 0 Å². The average Bonchev–Trinajstić information content (AvgIpc) is 2.64. The van der Waals surface area contributed by atoms with Crippen molar-refractivity contribution in [2.24, 2.45) is 5.41 Å². The highest BCUT2D eigenvalue weighted by molar-refractivity contribution is 7.89. The van der Waals surface area contributed by atoms with E-state index in [1.165, 1.54) is 0 Å². The molecule has 1 aromatic carbocycles. The van der Waals surface area contributed by atoms with E-state index in [1.807, 2.05) is 6.07 Å². The molecule has 4 nitrogen and oxygen atoms in total. The predicted molar refractivity (Wildman–Crippen MR) is 72.8 cm³/mol. The quantitative estimate of drug-likeness (QED) is 0.791. The lowest BCUT2D eigenvalue weighted by atomic mass is 9.89. The van der Waals surface area contributed by atoms with E-state index in [9.17, 15) is 8.42 Å². The summed E-state index contributed by atoms with van der Waals surface area (Å²) in [6.07, 6.45) is 1.71. The summed E-state index contributed by atoms with van der Waals surface area (Å²) < 4.78 is 32.2. The minimum Gasteiger partial charge on any atom is -0.497 e. The first kappa shape index (κ1) is 12.9. The molecular weight excluding hydrogens is 262 g/mol. The molecule has 0 bridgehead atoms. The van der Waals surface area contributed by atoms with Crippen molar-refractivity contribution in [1.82, 2.24) is 4.31 Å². The van der Waals surface area contributed by atoms with Crippen LogP contribution >= 0.6 is 0 Å². The van der Waals surface area contributed by atoms with Crippen molar-refractivity contribution in [3.05, 3.63) is 23.8 Å². The van der Waals surface area contributed by atoms with Crippen LogP contribution < -0.4 is 4.74 Å². The Kier molecular flexibility index (Phi) is 2.70. The molecule has 0 N–H and O–H groups in total. The van der Waals surface area contributed by atoms with Gasteiger partial charge in [-0.05, 0) is 42.0 Å². The van der Waals surface area contributed by atoms with Crippen LogP contribution in [0.4, 0.5) is 0 Å². The Hall–Kier alpha value is -1.07. The zero-order chi connectivity index (χ0) is 13.8. The van der Waals surface area contributed by atoms with E-state index in [2.05, 4.69) is 13.8 Å². The second-order valence-electron chi connectivity index (χ2n) is 6.25. The van der Waals surface area contributed by atoms with Crippen molar-refractivity contribution >= 4 is 10.0 Å². The molecule has 1 atom stereocenters. The van der Waals surface area contributed by atoms with Gasteiger partial charge < -0.3 is 4.74 Å². The van der Waals surface area contributed by atoms with Crippen LogP contribution in [0.3, 0.4) is 0 Å². The molecule has 1 aromatic rings. The zero-order valence-electron chi connectivity index (χ0n) is 11.5. The van der Waals surface area contributed by atoms with Gasteiger partial charge in [0.1, 0.15) is 5.75 Å². The first-order chi connectivity index (χ1) is 8.83. The Morgan fingerprint density at radius 1 is 1.37 bits per heavy atom. The normalized spacial score (nSPS) is 27.6. The summed E-state index contributed by atoms with van der Waals surface area (Å²) in [4.78, 5) is 0.447. The topological polar surface area (TPSA) is 46.6 Å². The molecule has 0 radical (unpaired) electrons. The summed E-state index contributed by atoms with van der Waals surface area (Å²) in [5.41, 5.74) is 0.947. The van der Waals surface area contributed by atoms with Crippen LogP contribution in [-0.2, 0) is 16.4 Å². The lowest BCUT2D eigenvalue weighted by Crippen LogP contribution is -2.41. The maximum atomic E-state index is 12.7. The Balaban J connectivity index is 2.10. The first-order valence-corrected chi connectivity index (χ1v) is 7.96. The second kappa shape index (κ2) is 3.96. The van der Waals surface area contributed by atoms with Gasteiger partial charge in [0.25, 0.3) is 0 Å². The molecule has 0 amide bonds. The van der Waals surface area contributed by atoms with Crippen molar-refractivity contribution in [2.45, 2.75) is 37.6 Å². The van der Waals surface area contributed by atoms with Crippen LogP contribution in [0, 0.1) is 5.41 Å². The Morgan fingerprint density at radius 3 is 2.79 bits per heavy atom. The van der Waals surface area contributed by atoms with Gasteiger partial charge in [0.15, 0.2) is 0 Å². The minimum atomic E-state index is -3.34. The van der Waals surface area contributed by atoms with Crippen molar-refractivity contribution < 1.29 is 13.2 Å². The number of hydrogen-bond acceptors (Lipinski definition) is 3. The van der Waals surface area contributed by atoms with E-state index in [1.54, 1.807) is 23.5 Å². The lowest BCUT2D eigenvalue weighted by molar-refractivity contribution is 0.357. The summed E-state index contributed by atoms with van der Waals surface area (Å²) >= 11 is 0. The van der Waals surface area contributed by atoms with Crippen molar-refractivity contribution in [2.75, 3.05) is 13.7 Å². The highest BCUT2D eigenvalue weighted by Crippen LogP contribution is 2.43. The SMILES string of the molecule is COc1ccc2c(c1)C[C@@H]1CC(C)(C)CN1S2(=O)=O. The number of methoxy groups -OCH3 is 1. The molecule has 19 heavy (non-hydrogen) atoms. The van der Waals surface area contributed by atoms with Crippen LogP contribution in [0.25, 0.3) is 0 Å². The van der Waals surface area contributed by atoms with E-state index < -0.39 is 10.0 Å². The van der Waals surface area contributed by atoms with E-state index in [0.717, 1.165) is 24.2 Å². The Morgan fingerprint density at radius 2 is 2.11 bits per heavy atom. The maximum Gasteiger partial charge on any atom is 0.243 e. The van der Waals surface area contributed by atoms with Crippen molar-refractivity contribution in [3.8, 4) is 5.75 Å². The molecule has 0 aromatic heterocycles. The van der Waals surface area contributed by atoms with Gasteiger partial charge in [-0.15, -0.1) is 0 Å². The number of ether oxygens (including phenoxy) is 1. The van der Waals surface area contributed by atoms with Gasteiger partial charge in [-0.3, -0.25) is 0 Å². The Bertz CT molecular complexity index is 622. The van der Waals surface area contributed by atoms with Crippen LogP contribution in [0.5, 0.6) is 5.75 Å². The third-order valence-corrected chi connectivity index (χ3v) is 6.09. The van der Waals surface area contributed by atoms with Gasteiger partial charge in [-0.1, -0.05) is 13.8 Å². The van der Waals surface area contributed by atoms with Gasteiger partial charge in [-0.2, -0.15) is 4.31 Å². The Labute approximate surface area is 114 Å². The standard InChI is InChI=1S/C14H19NO3S/c1-14(2)8-11-6-10-7-12(18-3)4-5-13(10)19(16,17)15(11)9-14/h4-5,7,11H,6,8-9H2,1-3H3/t11-/m1/s1. The zero-order valence-corrected chi connectivity index (χ0v) is 12.3. The monoisotopic (exact) mass is 281 g/mol. The molecule has 5 heteroatoms. The van der Waals surface area contributed by atoms with Crippen molar-refractivity contribution in [3.63, 3.8) is 0 Å². The number of sulfonamides is 1. The molecule has 1 fully saturated rings. The highest BCUT2D eigenvalue weighted by Gasteiger charge is 2.47. The first-order valence-electron chi connectivity index (χ1n) is 6.52. The van der Waals surface area contributed by atoms with Gasteiger partial charge in [0.2, 0.25) is 10.0 Å². The predicted octanol–water partition coefficient (Wildman–Crippen LogP) is 2.04. The fourth-order valence-electron chi connectivity index (χ4n) is 3.28. The summed E-state index contributed by atoms with van der Waals surface area (Å²) in [5.74, 6) is 0.722. The van der Waals surface area contributed by atoms with Crippen LogP contribution in [0.15, 0.2) is 23.1 Å². The van der Waals surface area contributed by atoms with Gasteiger partial charge in [0.05, 0.1) is 12.0 Å². The molecule has 1 saturated heterocycles. The second-order valence-corrected chi connectivity index (χ2v) is 8.11. The molecule has 0 spiro atoms. The molecular formula is C14H19NO3S. The number of hydrogen-bond donors (Lipinski definition) is 0. The lowest BCUT2D eigenvalue weighted by Gasteiger charge is -2.30. The number of benzene rings is 1. The largest absolute Gasteiger partial charge is 0.497 e. The fraction of sp³-hybridized carbons (Fsp3) is 0.571. The number of fused-ring (bicyclic) bond motifs is 2. The van der Waals surface area contributed by atoms with E-state index in [-0.39, 0.29) is 11.5 Å². The van der Waals surface area contributed by atoms with Gasteiger partial charge >= 0.3 is 0 Å². The summed E-state index contributed by atoms with van der Waals surface area (Å²) in [6, 6.07) is 5.35. The van der Waals surface area contributed by atoms with E-state index in [4.69, 9.17) is 4.74 Å². The third kappa shape index (κ3) is 1.96. The van der Waals surface area contributed by atoms with Crippen molar-refractivity contribution in [1.29, 1.82) is 0 Å². The summed E-state index contributed by atoms with van der Waals surface area (Å²) in [6.45, 7) is 4.88. The van der Waals surface area contributed by atoms with E-state index in [0.29, 0.717) is 11.4 Å². The van der Waals surface area contributed by atoms with Crippen LogP contribution in [0.1, 0.15) is 25.8 Å². The summed E-state index contributed by atoms with van der Waals surface area (Å²) in [5, 5.41) is 0. The molecule has 0 saturated carbocycles. The molecule has 3 rings (SSSR count).